The predicted octanol–water partition coefficient (Wildman–Crippen LogP) is 2.07. The summed E-state index contributed by atoms with van der Waals surface area (Å²) in [6, 6.07) is -0.0244. The summed E-state index contributed by atoms with van der Waals surface area (Å²) in [6.45, 7) is 9.04. The lowest BCUT2D eigenvalue weighted by molar-refractivity contribution is -0.144. The van der Waals surface area contributed by atoms with Gasteiger partial charge in [0.25, 0.3) is 11.6 Å². The maximum absolute atomic E-state index is 12.9. The molecule has 0 spiro atoms. The predicted molar refractivity (Wildman–Crippen MR) is 99.1 cm³/mol. The minimum absolute atomic E-state index is 0.0244. The molecule has 0 unspecified atom stereocenters. The van der Waals surface area contributed by atoms with Crippen LogP contribution in [0.5, 0.6) is 0 Å². The van der Waals surface area contributed by atoms with Crippen LogP contribution in [0.25, 0.3) is 5.78 Å². The van der Waals surface area contributed by atoms with Gasteiger partial charge in [0.2, 0.25) is 11.8 Å². The van der Waals surface area contributed by atoms with Crippen molar-refractivity contribution in [3.63, 3.8) is 0 Å². The SMILES string of the molecule is CCN(CC(=O)NC(C)C)C(=O)CCc1c(C)nc2nc(C(F)(F)F)nn2c1C. The highest BCUT2D eigenvalue weighted by Crippen LogP contribution is 2.27. The maximum atomic E-state index is 12.9. The molecule has 2 rings (SSSR count). The topological polar surface area (TPSA) is 92.5 Å². The average molecular weight is 414 g/mol. The van der Waals surface area contributed by atoms with Gasteiger partial charge in [-0.15, -0.1) is 5.10 Å². The Morgan fingerprint density at radius 1 is 1.21 bits per heavy atom. The third-order valence-electron chi connectivity index (χ3n) is 4.41. The van der Waals surface area contributed by atoms with Crippen LogP contribution in [0.3, 0.4) is 0 Å². The molecule has 0 bridgehead atoms. The summed E-state index contributed by atoms with van der Waals surface area (Å²) in [6.07, 6.45) is -4.30. The second-order valence-electron chi connectivity index (χ2n) is 7.04. The zero-order valence-corrected chi connectivity index (χ0v) is 17.1. The van der Waals surface area contributed by atoms with Crippen LogP contribution in [0.1, 0.15) is 50.0 Å². The van der Waals surface area contributed by atoms with Gasteiger partial charge in [0.15, 0.2) is 0 Å². The summed E-state index contributed by atoms with van der Waals surface area (Å²) in [5, 5.41) is 6.24. The van der Waals surface area contributed by atoms with Crippen LogP contribution in [0, 0.1) is 13.8 Å². The molecule has 0 aliphatic rings. The third kappa shape index (κ3) is 5.42. The Morgan fingerprint density at radius 3 is 2.41 bits per heavy atom. The number of halogens is 3. The third-order valence-corrected chi connectivity index (χ3v) is 4.41. The van der Waals surface area contributed by atoms with E-state index in [4.69, 9.17) is 0 Å². The zero-order valence-electron chi connectivity index (χ0n) is 17.1. The van der Waals surface area contributed by atoms with Gasteiger partial charge in [-0.25, -0.2) is 9.50 Å². The number of likely N-dealkylation sites (N-methyl/N-ethyl adjacent to an activating group) is 1. The number of nitrogens with zero attached hydrogens (tertiary/aromatic N) is 5. The molecular formula is C18H25F3N6O2. The van der Waals surface area contributed by atoms with Crippen molar-refractivity contribution in [3.8, 4) is 0 Å². The molecule has 1 N–H and O–H groups in total. The van der Waals surface area contributed by atoms with Crippen molar-refractivity contribution in [1.82, 2.24) is 29.8 Å². The largest absolute Gasteiger partial charge is 0.453 e. The van der Waals surface area contributed by atoms with Crippen LogP contribution in [0.15, 0.2) is 0 Å². The number of aryl methyl sites for hydroxylation is 2. The lowest BCUT2D eigenvalue weighted by Gasteiger charge is -2.21. The second-order valence-corrected chi connectivity index (χ2v) is 7.04. The lowest BCUT2D eigenvalue weighted by atomic mass is 10.1. The highest BCUT2D eigenvalue weighted by atomic mass is 19.4. The first kappa shape index (κ1) is 22.6. The van der Waals surface area contributed by atoms with Crippen molar-refractivity contribution in [2.75, 3.05) is 13.1 Å². The van der Waals surface area contributed by atoms with Gasteiger partial charge in [-0.1, -0.05) is 0 Å². The van der Waals surface area contributed by atoms with E-state index >= 15 is 0 Å². The Kier molecular flexibility index (Phi) is 6.81. The highest BCUT2D eigenvalue weighted by molar-refractivity contribution is 5.85. The standard InChI is InChI=1S/C18H25F3N6O2/c1-6-26(9-14(28)22-10(2)3)15(29)8-7-13-11(4)23-17-24-16(18(19,20)21)25-27(17)12(13)5/h10H,6-9H2,1-5H3,(H,22,28). The molecule has 2 heterocycles. The average Bonchev–Trinajstić information content (AvgIpc) is 3.03. The van der Waals surface area contributed by atoms with Gasteiger partial charge in [-0.3, -0.25) is 9.59 Å². The van der Waals surface area contributed by atoms with E-state index in [2.05, 4.69) is 20.4 Å². The summed E-state index contributed by atoms with van der Waals surface area (Å²) in [7, 11) is 0. The quantitative estimate of drug-likeness (QED) is 0.749. The van der Waals surface area contributed by atoms with Gasteiger partial charge in [0.1, 0.15) is 0 Å². The summed E-state index contributed by atoms with van der Waals surface area (Å²) in [4.78, 5) is 33.4. The molecular weight excluding hydrogens is 389 g/mol. The normalized spacial score (nSPS) is 11.9. The van der Waals surface area contributed by atoms with Gasteiger partial charge in [0, 0.05) is 30.4 Å². The summed E-state index contributed by atoms with van der Waals surface area (Å²) in [5.41, 5.74) is 1.57. The molecule has 2 aromatic heterocycles. The second kappa shape index (κ2) is 8.75. The number of aromatic nitrogens is 4. The van der Waals surface area contributed by atoms with Gasteiger partial charge in [-0.2, -0.15) is 18.2 Å². The van der Waals surface area contributed by atoms with Crippen LogP contribution in [-0.2, 0) is 22.2 Å². The van der Waals surface area contributed by atoms with E-state index in [1.165, 1.54) is 4.90 Å². The number of hydrogen-bond acceptors (Lipinski definition) is 5. The fraction of sp³-hybridized carbons (Fsp3) is 0.611. The molecule has 29 heavy (non-hydrogen) atoms. The number of alkyl halides is 3. The number of fused-ring (bicyclic) bond motifs is 1. The first-order valence-corrected chi connectivity index (χ1v) is 9.31. The molecule has 0 atom stereocenters. The molecule has 11 heteroatoms. The first-order chi connectivity index (χ1) is 13.4. The van der Waals surface area contributed by atoms with Crippen molar-refractivity contribution < 1.29 is 22.8 Å². The minimum atomic E-state index is -4.66. The van der Waals surface area contributed by atoms with E-state index in [1.54, 1.807) is 20.8 Å². The highest BCUT2D eigenvalue weighted by Gasteiger charge is 2.37. The van der Waals surface area contributed by atoms with E-state index in [0.29, 0.717) is 23.5 Å². The number of nitrogens with one attached hydrogen (secondary N) is 1. The monoisotopic (exact) mass is 414 g/mol. The summed E-state index contributed by atoms with van der Waals surface area (Å²) < 4.78 is 39.7. The number of rotatable bonds is 7. The minimum Gasteiger partial charge on any atom is -0.352 e. The van der Waals surface area contributed by atoms with Crippen molar-refractivity contribution in [2.45, 2.75) is 59.7 Å². The summed E-state index contributed by atoms with van der Waals surface area (Å²) >= 11 is 0. The Morgan fingerprint density at radius 2 is 1.86 bits per heavy atom. The fourth-order valence-electron chi connectivity index (χ4n) is 3.00. The molecule has 0 fully saturated rings. The van der Waals surface area contributed by atoms with Crippen LogP contribution in [-0.4, -0.2) is 55.4 Å². The van der Waals surface area contributed by atoms with Crippen molar-refractivity contribution in [3.05, 3.63) is 22.8 Å². The van der Waals surface area contributed by atoms with Gasteiger partial charge >= 0.3 is 6.18 Å². The lowest BCUT2D eigenvalue weighted by Crippen LogP contribution is -2.42. The molecule has 0 radical (unpaired) electrons. The molecule has 8 nitrogen and oxygen atoms in total. The number of carbonyl (C=O) groups is 2. The Hall–Kier alpha value is -2.72. The number of amides is 2. The molecule has 0 aromatic carbocycles. The molecule has 0 saturated heterocycles. The van der Waals surface area contributed by atoms with Crippen molar-refractivity contribution in [2.24, 2.45) is 0 Å². The van der Waals surface area contributed by atoms with Gasteiger partial charge < -0.3 is 10.2 Å². The summed E-state index contributed by atoms with van der Waals surface area (Å²) in [5.74, 6) is -1.86. The maximum Gasteiger partial charge on any atom is 0.453 e. The smallest absolute Gasteiger partial charge is 0.352 e. The van der Waals surface area contributed by atoms with Gasteiger partial charge in [-0.05, 0) is 46.6 Å². The fourth-order valence-corrected chi connectivity index (χ4v) is 3.00. The van der Waals surface area contributed by atoms with Crippen LogP contribution in [0.4, 0.5) is 13.2 Å². The van der Waals surface area contributed by atoms with Crippen molar-refractivity contribution in [1.29, 1.82) is 0 Å². The molecule has 0 aliphatic heterocycles. The van der Waals surface area contributed by atoms with Gasteiger partial charge in [0.05, 0.1) is 6.54 Å². The number of carbonyl (C=O) groups excluding carboxylic acids is 2. The Labute approximate surface area is 166 Å². The van der Waals surface area contributed by atoms with Crippen molar-refractivity contribution >= 4 is 17.6 Å². The van der Waals surface area contributed by atoms with Crippen LogP contribution < -0.4 is 5.32 Å². The van der Waals surface area contributed by atoms with Crippen LogP contribution in [0.2, 0.25) is 0 Å². The Balaban J connectivity index is 2.16. The van der Waals surface area contributed by atoms with E-state index in [0.717, 1.165) is 4.52 Å². The van der Waals surface area contributed by atoms with E-state index < -0.39 is 12.0 Å². The zero-order chi connectivity index (χ0) is 21.9. The molecule has 2 amide bonds. The Bertz CT molecular complexity index is 907. The molecule has 2 aromatic rings. The number of hydrogen-bond donors (Lipinski definition) is 1. The van der Waals surface area contributed by atoms with E-state index in [9.17, 15) is 22.8 Å². The first-order valence-electron chi connectivity index (χ1n) is 9.31. The molecule has 0 saturated carbocycles. The molecule has 0 aliphatic carbocycles. The van der Waals surface area contributed by atoms with E-state index in [-0.39, 0.29) is 43.0 Å². The van der Waals surface area contributed by atoms with Crippen LogP contribution >= 0.6 is 0 Å². The van der Waals surface area contributed by atoms with E-state index in [1.807, 2.05) is 13.8 Å². The molecule has 160 valence electrons.